The van der Waals surface area contributed by atoms with Crippen LogP contribution in [-0.2, 0) is 24.7 Å². The first kappa shape index (κ1) is 22.7. The number of nitrogens with zero attached hydrogens (tertiary/aromatic N) is 1. The van der Waals surface area contributed by atoms with Crippen molar-refractivity contribution in [1.29, 1.82) is 0 Å². The molecule has 3 heterocycles. The van der Waals surface area contributed by atoms with Crippen LogP contribution in [0.1, 0.15) is 28.6 Å². The summed E-state index contributed by atoms with van der Waals surface area (Å²) in [4.78, 5) is 4.19. The van der Waals surface area contributed by atoms with Gasteiger partial charge in [0.05, 0.1) is 0 Å². The second kappa shape index (κ2) is 7.93. The summed E-state index contributed by atoms with van der Waals surface area (Å²) < 4.78 is 0.678. The molecule has 1 atom stereocenters. The minimum atomic E-state index is -1.11. The number of halogens is 2. The van der Waals surface area contributed by atoms with Crippen molar-refractivity contribution in [2.75, 3.05) is 0 Å². The van der Waals surface area contributed by atoms with Gasteiger partial charge in [-0.05, 0) is 17.3 Å². The fourth-order valence-electron chi connectivity index (χ4n) is 5.21. The van der Waals surface area contributed by atoms with Gasteiger partial charge in [-0.15, -0.1) is 0 Å². The zero-order valence-corrected chi connectivity index (χ0v) is 21.9. The van der Waals surface area contributed by atoms with Crippen LogP contribution in [0.25, 0.3) is 16.8 Å². The summed E-state index contributed by atoms with van der Waals surface area (Å²) in [6.07, 6.45) is 6.42. The summed E-state index contributed by atoms with van der Waals surface area (Å²) in [6.45, 7) is 9.37. The van der Waals surface area contributed by atoms with E-state index in [2.05, 4.69) is 74.4 Å². The summed E-state index contributed by atoms with van der Waals surface area (Å²) in [5.74, 6) is 0. The number of hydrogen-bond donors (Lipinski definition) is 0. The van der Waals surface area contributed by atoms with Gasteiger partial charge in [0.2, 0.25) is 0 Å². The number of fused-ring (bicyclic) bond motifs is 3. The largest absolute Gasteiger partial charge is 1.00 e. The van der Waals surface area contributed by atoms with Crippen LogP contribution < -0.4 is 24.8 Å². The molecule has 2 aromatic rings. The summed E-state index contributed by atoms with van der Waals surface area (Å²) >= 11 is 1.60. The van der Waals surface area contributed by atoms with Gasteiger partial charge in [-0.25, -0.2) is 0 Å². The van der Waals surface area contributed by atoms with E-state index in [9.17, 15) is 0 Å². The predicted octanol–water partition coefficient (Wildman–Crippen LogP) is 0.234. The minimum Gasteiger partial charge on any atom is -1.00 e. The molecule has 0 fully saturated rings. The smallest absolute Gasteiger partial charge is 1.00 e. The number of benzene rings is 2. The standard InChI is InChI=1S/C14H11.C10H11NSi.2ClH.Zr/c1-10-8-12-7-6-11-4-2-3-5-13(11)14(12)9-10;1-6-9-7-4-11-5-8(7)10(6)12(9,2)3;;;/h2-9H,1H3;4-5H,1-3H3;2*1H;/q;;;;+2/p-2. The maximum atomic E-state index is 4.19. The molecule has 0 radical (unpaired) electrons. The SMILES string of the molecule is CC1=C2C3=CN=CC3=C1[Si]2(C)C.CC1=Cc2c(ccc3ccccc23)[CH]1[Zr+2].[Cl-].[Cl-]. The molecule has 2 aliphatic carbocycles. The zero-order chi connectivity index (χ0) is 18.9. The second-order valence-electron chi connectivity index (χ2n) is 8.35. The van der Waals surface area contributed by atoms with Gasteiger partial charge in [0.15, 0.2) is 0 Å². The van der Waals surface area contributed by atoms with Gasteiger partial charge in [-0.1, -0.05) is 18.7 Å². The van der Waals surface area contributed by atoms with Crippen LogP contribution in [0.5, 0.6) is 0 Å². The molecule has 2 aromatic carbocycles. The molecule has 5 aliphatic rings. The Morgan fingerprint density at radius 3 is 2.38 bits per heavy atom. The van der Waals surface area contributed by atoms with Crippen molar-refractivity contribution in [3.05, 3.63) is 86.4 Å². The first-order valence-electron chi connectivity index (χ1n) is 9.53. The van der Waals surface area contributed by atoms with Gasteiger partial charge in [-0.3, -0.25) is 4.99 Å². The molecule has 0 N–H and O–H groups in total. The third-order valence-electron chi connectivity index (χ3n) is 6.38. The van der Waals surface area contributed by atoms with E-state index in [1.807, 2.05) is 12.4 Å². The van der Waals surface area contributed by atoms with Crippen LogP contribution in [0.3, 0.4) is 0 Å². The number of aliphatic imine (C=N–C) groups is 1. The minimum absolute atomic E-state index is 0. The maximum absolute atomic E-state index is 4.19. The Balaban J connectivity index is 0.000000158. The normalized spacial score (nSPS) is 21.4. The van der Waals surface area contributed by atoms with Gasteiger partial charge in [-0.2, -0.15) is 0 Å². The Bertz CT molecular complexity index is 1180. The number of hydrogen-bond acceptors (Lipinski definition) is 1. The average molecular weight is 515 g/mol. The van der Waals surface area contributed by atoms with E-state index in [-0.39, 0.29) is 24.8 Å². The molecule has 1 unspecified atom stereocenters. The van der Waals surface area contributed by atoms with Crippen LogP contribution in [0.2, 0.25) is 13.1 Å². The second-order valence-corrected chi connectivity index (χ2v) is 14.0. The first-order chi connectivity index (χ1) is 12.9. The number of allylic oxidation sites excluding steroid dienone is 6. The van der Waals surface area contributed by atoms with Gasteiger partial charge in [0.25, 0.3) is 0 Å². The quantitative estimate of drug-likeness (QED) is 0.447. The summed E-state index contributed by atoms with van der Waals surface area (Å²) in [7, 11) is -1.11. The Hall–Kier alpha value is -0.990. The fraction of sp³-hybridized carbons (Fsp3) is 0.208. The van der Waals surface area contributed by atoms with Crippen LogP contribution in [0.15, 0.2) is 80.3 Å². The molecule has 0 saturated carbocycles. The Morgan fingerprint density at radius 2 is 1.69 bits per heavy atom. The van der Waals surface area contributed by atoms with E-state index in [4.69, 9.17) is 0 Å². The Labute approximate surface area is 201 Å². The molecule has 1 nitrogen and oxygen atoms in total. The van der Waals surface area contributed by atoms with Crippen LogP contribution in [0.4, 0.5) is 0 Å². The van der Waals surface area contributed by atoms with Crippen molar-refractivity contribution in [2.24, 2.45) is 4.99 Å². The van der Waals surface area contributed by atoms with Crippen molar-refractivity contribution in [3.8, 4) is 0 Å². The first-order valence-corrected chi connectivity index (χ1v) is 13.9. The molecule has 145 valence electrons. The predicted molar refractivity (Wildman–Crippen MR) is 114 cm³/mol. The third-order valence-corrected chi connectivity index (χ3v) is 12.1. The Kier molecular flexibility index (Phi) is 6.20. The summed E-state index contributed by atoms with van der Waals surface area (Å²) in [5.41, 5.74) is 8.92. The molecule has 0 amide bonds. The van der Waals surface area contributed by atoms with E-state index in [1.54, 1.807) is 40.7 Å². The molecular weight excluding hydrogens is 492 g/mol. The van der Waals surface area contributed by atoms with Crippen molar-refractivity contribution >= 4 is 31.1 Å². The average Bonchev–Trinajstić information content (AvgIpc) is 3.33. The van der Waals surface area contributed by atoms with E-state index >= 15 is 0 Å². The van der Waals surface area contributed by atoms with Gasteiger partial charge < -0.3 is 24.8 Å². The zero-order valence-electron chi connectivity index (χ0n) is 17.0. The molecule has 0 spiro atoms. The number of rotatable bonds is 0. The van der Waals surface area contributed by atoms with E-state index in [1.165, 1.54) is 38.6 Å². The molecule has 5 heteroatoms. The van der Waals surface area contributed by atoms with Crippen molar-refractivity contribution in [2.45, 2.75) is 30.6 Å². The molecule has 0 saturated heterocycles. The molecule has 3 aliphatic heterocycles. The fourth-order valence-corrected chi connectivity index (χ4v) is 9.96. The van der Waals surface area contributed by atoms with Gasteiger partial charge in [0, 0.05) is 23.6 Å². The van der Waals surface area contributed by atoms with Crippen molar-refractivity contribution < 1.29 is 49.5 Å². The van der Waals surface area contributed by atoms with E-state index in [0.29, 0.717) is 3.63 Å². The van der Waals surface area contributed by atoms with Gasteiger partial charge >= 0.3 is 105 Å². The van der Waals surface area contributed by atoms with Crippen LogP contribution in [-0.4, -0.2) is 14.3 Å². The van der Waals surface area contributed by atoms with Crippen molar-refractivity contribution in [3.63, 3.8) is 0 Å². The summed E-state index contributed by atoms with van der Waals surface area (Å²) in [5, 5.41) is 6.07. The molecule has 29 heavy (non-hydrogen) atoms. The van der Waals surface area contributed by atoms with E-state index in [0.717, 1.165) is 0 Å². The third kappa shape index (κ3) is 3.17. The topological polar surface area (TPSA) is 12.4 Å². The molecule has 7 rings (SSSR count). The maximum Gasteiger partial charge on any atom is -1.00 e. The van der Waals surface area contributed by atoms with Crippen LogP contribution in [0, 0.1) is 0 Å². The van der Waals surface area contributed by atoms with Gasteiger partial charge in [0.1, 0.15) is 8.07 Å². The molecule has 0 aromatic heterocycles. The van der Waals surface area contributed by atoms with Crippen LogP contribution >= 0.6 is 0 Å². The Morgan fingerprint density at radius 1 is 0.966 bits per heavy atom. The summed E-state index contributed by atoms with van der Waals surface area (Å²) in [6, 6.07) is 13.2. The van der Waals surface area contributed by atoms with Crippen molar-refractivity contribution in [1.82, 2.24) is 0 Å². The molecule has 2 bridgehead atoms. The molecular formula is C24H22Cl2NSiZr. The monoisotopic (exact) mass is 512 g/mol. The van der Waals surface area contributed by atoms with E-state index < -0.39 is 8.07 Å².